The molecule has 94 valence electrons. The van der Waals surface area contributed by atoms with E-state index in [1.54, 1.807) is 25.4 Å². The number of rotatable bonds is 6. The van der Waals surface area contributed by atoms with Crippen LogP contribution >= 0.6 is 0 Å². The predicted molar refractivity (Wildman–Crippen MR) is 60.7 cm³/mol. The van der Waals surface area contributed by atoms with E-state index in [0.717, 1.165) is 0 Å². The molecule has 0 aliphatic carbocycles. The van der Waals surface area contributed by atoms with Crippen molar-refractivity contribution in [3.05, 3.63) is 24.0 Å². The number of methoxy groups -OCH3 is 1. The first-order chi connectivity index (χ1) is 8.26. The molecular weight excluding hydrogens is 224 g/mol. The van der Waals surface area contributed by atoms with Gasteiger partial charge in [0.25, 0.3) is 0 Å². The molecular formula is C11H16N2O4. The average molecular weight is 240 g/mol. The van der Waals surface area contributed by atoms with E-state index in [9.17, 15) is 4.79 Å². The van der Waals surface area contributed by atoms with Crippen molar-refractivity contribution >= 4 is 6.09 Å². The molecule has 0 spiro atoms. The van der Waals surface area contributed by atoms with Gasteiger partial charge in [-0.15, -0.1) is 0 Å². The number of aliphatic hydroxyl groups excluding tert-OH is 1. The Bertz CT molecular complexity index is 357. The fraction of sp³-hybridized carbons (Fsp3) is 0.455. The van der Waals surface area contributed by atoms with Crippen molar-refractivity contribution in [2.24, 2.45) is 0 Å². The van der Waals surface area contributed by atoms with Crippen molar-refractivity contribution in [3.8, 4) is 5.75 Å². The van der Waals surface area contributed by atoms with Gasteiger partial charge in [-0.2, -0.15) is 0 Å². The average Bonchev–Trinajstić information content (AvgIpc) is 2.30. The lowest BCUT2D eigenvalue weighted by Crippen LogP contribution is -2.28. The Morgan fingerprint density at radius 2 is 2.41 bits per heavy atom. The second-order valence-electron chi connectivity index (χ2n) is 3.31. The fourth-order valence-electron chi connectivity index (χ4n) is 1.16. The van der Waals surface area contributed by atoms with Crippen LogP contribution in [0, 0.1) is 0 Å². The predicted octanol–water partition coefficient (Wildman–Crippen LogP) is 0.699. The van der Waals surface area contributed by atoms with Crippen LogP contribution in [0.4, 0.5) is 4.79 Å². The summed E-state index contributed by atoms with van der Waals surface area (Å²) in [6, 6.07) is 3.22. The number of carbonyl (C=O) groups excluding carboxylic acids is 1. The number of aliphatic hydroxyl groups is 1. The third kappa shape index (κ3) is 5.28. The second kappa shape index (κ2) is 7.59. The molecule has 0 radical (unpaired) electrons. The summed E-state index contributed by atoms with van der Waals surface area (Å²) >= 11 is 0. The van der Waals surface area contributed by atoms with Gasteiger partial charge < -0.3 is 19.9 Å². The summed E-state index contributed by atoms with van der Waals surface area (Å²) in [4.78, 5) is 15.3. The van der Waals surface area contributed by atoms with E-state index in [2.05, 4.69) is 10.3 Å². The molecule has 6 nitrogen and oxygen atoms in total. The van der Waals surface area contributed by atoms with Crippen molar-refractivity contribution < 1.29 is 19.4 Å². The molecule has 1 heterocycles. The zero-order valence-corrected chi connectivity index (χ0v) is 9.68. The maximum Gasteiger partial charge on any atom is 0.412 e. The zero-order valence-electron chi connectivity index (χ0n) is 9.68. The third-order valence-electron chi connectivity index (χ3n) is 1.90. The summed E-state index contributed by atoms with van der Waals surface area (Å²) in [7, 11) is 1.57. The van der Waals surface area contributed by atoms with Gasteiger partial charge in [0.15, 0.2) is 0 Å². The number of hydrogen-bond acceptors (Lipinski definition) is 5. The number of aromatic nitrogens is 1. The Balaban J connectivity index is 2.44. The van der Waals surface area contributed by atoms with Crippen molar-refractivity contribution in [1.29, 1.82) is 0 Å². The van der Waals surface area contributed by atoms with Crippen molar-refractivity contribution in [3.63, 3.8) is 0 Å². The van der Waals surface area contributed by atoms with Crippen LogP contribution < -0.4 is 10.1 Å². The highest BCUT2D eigenvalue weighted by Crippen LogP contribution is 2.11. The van der Waals surface area contributed by atoms with E-state index in [0.29, 0.717) is 31.0 Å². The second-order valence-corrected chi connectivity index (χ2v) is 3.31. The highest BCUT2D eigenvalue weighted by Gasteiger charge is 2.04. The molecule has 0 saturated heterocycles. The van der Waals surface area contributed by atoms with E-state index >= 15 is 0 Å². The first-order valence-corrected chi connectivity index (χ1v) is 5.26. The van der Waals surface area contributed by atoms with Crippen LogP contribution in [0.1, 0.15) is 12.1 Å². The lowest BCUT2D eigenvalue weighted by Gasteiger charge is -2.06. The quantitative estimate of drug-likeness (QED) is 0.715. The van der Waals surface area contributed by atoms with Gasteiger partial charge in [-0.3, -0.25) is 4.98 Å². The SMILES string of the molecule is COCc1cc(OC(=O)NCCCO)ccn1. The Hall–Kier alpha value is -1.66. The van der Waals surface area contributed by atoms with Crippen LogP contribution in [0.2, 0.25) is 0 Å². The molecule has 0 aliphatic rings. The first kappa shape index (κ1) is 13.4. The Morgan fingerprint density at radius 1 is 1.59 bits per heavy atom. The Morgan fingerprint density at radius 3 is 3.12 bits per heavy atom. The van der Waals surface area contributed by atoms with E-state index < -0.39 is 6.09 Å². The van der Waals surface area contributed by atoms with E-state index in [1.807, 2.05) is 0 Å². The molecule has 0 unspecified atom stereocenters. The molecule has 1 amide bonds. The summed E-state index contributed by atoms with van der Waals surface area (Å²) in [5.74, 6) is 0.411. The van der Waals surface area contributed by atoms with Gasteiger partial charge in [-0.1, -0.05) is 0 Å². The van der Waals surface area contributed by atoms with E-state index in [-0.39, 0.29) is 6.61 Å². The van der Waals surface area contributed by atoms with Crippen LogP contribution in [-0.4, -0.2) is 36.4 Å². The molecule has 0 aliphatic heterocycles. The maximum atomic E-state index is 11.3. The number of pyridine rings is 1. The Labute approximate surface area is 99.6 Å². The van der Waals surface area contributed by atoms with Gasteiger partial charge >= 0.3 is 6.09 Å². The number of amides is 1. The smallest absolute Gasteiger partial charge is 0.410 e. The molecule has 0 bridgehead atoms. The first-order valence-electron chi connectivity index (χ1n) is 5.26. The lowest BCUT2D eigenvalue weighted by atomic mass is 10.3. The molecule has 0 aromatic carbocycles. The number of hydrogen-bond donors (Lipinski definition) is 2. The fourth-order valence-corrected chi connectivity index (χ4v) is 1.16. The van der Waals surface area contributed by atoms with Crippen LogP contribution in [0.5, 0.6) is 5.75 Å². The van der Waals surface area contributed by atoms with Gasteiger partial charge in [0, 0.05) is 32.5 Å². The largest absolute Gasteiger partial charge is 0.412 e. The topological polar surface area (TPSA) is 80.7 Å². The van der Waals surface area contributed by atoms with Crippen molar-refractivity contribution in [2.75, 3.05) is 20.3 Å². The molecule has 1 rings (SSSR count). The number of nitrogens with zero attached hydrogens (tertiary/aromatic N) is 1. The van der Waals surface area contributed by atoms with Crippen molar-refractivity contribution in [2.45, 2.75) is 13.0 Å². The van der Waals surface area contributed by atoms with Gasteiger partial charge in [0.1, 0.15) is 5.75 Å². The minimum absolute atomic E-state index is 0.0352. The highest BCUT2D eigenvalue weighted by molar-refractivity contribution is 5.70. The monoisotopic (exact) mass is 240 g/mol. The molecule has 1 aromatic heterocycles. The summed E-state index contributed by atoms with van der Waals surface area (Å²) in [5.41, 5.74) is 0.688. The van der Waals surface area contributed by atoms with Crippen LogP contribution in [0.15, 0.2) is 18.3 Å². The van der Waals surface area contributed by atoms with Gasteiger partial charge in [-0.25, -0.2) is 4.79 Å². The summed E-state index contributed by atoms with van der Waals surface area (Å²) in [5, 5.41) is 11.1. The maximum absolute atomic E-state index is 11.3. The molecule has 6 heteroatoms. The molecule has 0 atom stereocenters. The van der Waals surface area contributed by atoms with Gasteiger partial charge in [0.2, 0.25) is 0 Å². The standard InChI is InChI=1S/C11H16N2O4/c1-16-8-9-7-10(3-5-12-9)17-11(15)13-4-2-6-14/h3,5,7,14H,2,4,6,8H2,1H3,(H,13,15). The minimum Gasteiger partial charge on any atom is -0.410 e. The molecule has 2 N–H and O–H groups in total. The van der Waals surface area contributed by atoms with Gasteiger partial charge in [0.05, 0.1) is 12.3 Å². The molecule has 0 saturated carbocycles. The summed E-state index contributed by atoms with van der Waals surface area (Å²) < 4.78 is 9.94. The number of carbonyl (C=O) groups is 1. The Kier molecular flexibility index (Phi) is 5.98. The van der Waals surface area contributed by atoms with Crippen LogP contribution in [-0.2, 0) is 11.3 Å². The minimum atomic E-state index is -0.548. The molecule has 0 fully saturated rings. The van der Waals surface area contributed by atoms with Crippen LogP contribution in [0.25, 0.3) is 0 Å². The lowest BCUT2D eigenvalue weighted by molar-refractivity contribution is 0.180. The molecule has 1 aromatic rings. The zero-order chi connectivity index (χ0) is 12.5. The summed E-state index contributed by atoms with van der Waals surface area (Å²) in [6.07, 6.45) is 1.50. The number of nitrogens with one attached hydrogen (secondary N) is 1. The van der Waals surface area contributed by atoms with Crippen LogP contribution in [0.3, 0.4) is 0 Å². The third-order valence-corrected chi connectivity index (χ3v) is 1.90. The molecule has 17 heavy (non-hydrogen) atoms. The summed E-state index contributed by atoms with van der Waals surface area (Å²) in [6.45, 7) is 0.780. The highest BCUT2D eigenvalue weighted by atomic mass is 16.6. The normalized spacial score (nSPS) is 10.0. The van der Waals surface area contributed by atoms with Crippen molar-refractivity contribution in [1.82, 2.24) is 10.3 Å². The van der Waals surface area contributed by atoms with E-state index in [1.165, 1.54) is 0 Å². The van der Waals surface area contributed by atoms with E-state index in [4.69, 9.17) is 14.6 Å². The van der Waals surface area contributed by atoms with Gasteiger partial charge in [-0.05, 0) is 12.5 Å². The number of ether oxygens (including phenoxy) is 2.